The van der Waals surface area contributed by atoms with Crippen LogP contribution in [0.4, 0.5) is 37.0 Å². The van der Waals surface area contributed by atoms with Crippen molar-refractivity contribution < 1.29 is 185 Å². The van der Waals surface area contributed by atoms with Crippen LogP contribution in [0.25, 0.3) is 0 Å². The number of hydrogen-bond acceptors (Lipinski definition) is 24. The number of rotatable bonds is 19. The van der Waals surface area contributed by atoms with E-state index in [0.717, 1.165) is 43.5 Å². The van der Waals surface area contributed by atoms with Gasteiger partial charge in [-0.1, -0.05) is 0 Å². The molecule has 0 spiro atoms. The third kappa shape index (κ3) is 19.4. The van der Waals surface area contributed by atoms with Crippen LogP contribution in [-0.2, 0) is 57.9 Å². The fourth-order valence-electron chi connectivity index (χ4n) is 3.85. The molecular weight excluding hydrogens is 1150 g/mol. The van der Waals surface area contributed by atoms with Crippen molar-refractivity contribution >= 4 is 105 Å². The predicted octanol–water partition coefficient (Wildman–Crippen LogP) is -9.25. The second-order valence-corrected chi connectivity index (χ2v) is 19.0. The number of anilines is 2. The van der Waals surface area contributed by atoms with Crippen LogP contribution in [0.2, 0.25) is 0 Å². The number of nitrogen functional groups attached to an aromatic ring is 2. The van der Waals surface area contributed by atoms with Crippen molar-refractivity contribution in [2.24, 2.45) is 20.5 Å². The zero-order chi connectivity index (χ0) is 41.6. The molecule has 0 atom stereocenters. The Hall–Kier alpha value is 0.320. The number of halogens is 3. The van der Waals surface area contributed by atoms with Gasteiger partial charge in [-0.3, -0.25) is 13.4 Å². The van der Waals surface area contributed by atoms with E-state index in [1.807, 2.05) is 0 Å². The van der Waals surface area contributed by atoms with Gasteiger partial charge in [-0.15, -0.1) is 19.7 Å². The maximum Gasteiger partial charge on any atom is 1.00 e. The first kappa shape index (κ1) is 60.4. The molecule has 0 unspecified atom stereocenters. The van der Waals surface area contributed by atoms with Gasteiger partial charge in [-0.2, -0.15) is 5.11 Å². The van der Waals surface area contributed by atoms with Crippen molar-refractivity contribution in [1.82, 2.24) is 0 Å². The van der Waals surface area contributed by atoms with E-state index in [1.165, 1.54) is 7.11 Å². The molecular formula is C24H25FI2N6Na3O17S5-. The minimum atomic E-state index is -5.28. The van der Waals surface area contributed by atoms with Gasteiger partial charge in [-0.05, 0) is 30.3 Å². The van der Waals surface area contributed by atoms with E-state index >= 15 is 0 Å². The van der Waals surface area contributed by atoms with Crippen LogP contribution in [0.15, 0.2) is 77.6 Å². The molecule has 308 valence electrons. The van der Waals surface area contributed by atoms with Gasteiger partial charge in [0.25, 0.3) is 0 Å². The molecule has 23 nitrogen and oxygen atoms in total. The molecule has 0 heterocycles. The summed E-state index contributed by atoms with van der Waals surface area (Å²) in [7, 11) is -16.3. The monoisotopic (exact) mass is 1170 g/mol. The zero-order valence-corrected chi connectivity index (χ0v) is 44.8. The Kier molecular flexibility index (Phi) is 29.4. The molecule has 0 fully saturated rings. The van der Waals surface area contributed by atoms with Gasteiger partial charge in [0.2, 0.25) is 10.4 Å². The van der Waals surface area contributed by atoms with Crippen molar-refractivity contribution in [3.8, 4) is 11.5 Å². The Morgan fingerprint density at radius 2 is 1.31 bits per heavy atom. The molecule has 3 aromatic rings. The second-order valence-electron chi connectivity index (χ2n) is 9.54. The molecule has 3 rings (SSSR count). The molecule has 4 N–H and O–H groups in total. The summed E-state index contributed by atoms with van der Waals surface area (Å²) in [5.74, 6) is -1.85. The molecule has 3 aromatic carbocycles. The average molecular weight is 1170 g/mol. The fourth-order valence-corrected chi connectivity index (χ4v) is 7.53. The van der Waals surface area contributed by atoms with Crippen LogP contribution in [-0.4, -0.2) is 81.7 Å². The van der Waals surface area contributed by atoms with E-state index in [4.69, 9.17) is 25.1 Å². The van der Waals surface area contributed by atoms with Gasteiger partial charge in [0.1, 0.15) is 43.6 Å². The molecule has 58 heavy (non-hydrogen) atoms. The van der Waals surface area contributed by atoms with Gasteiger partial charge in [0.15, 0.2) is 32.0 Å². The molecule has 0 aliphatic rings. The Bertz CT molecular complexity index is 2320. The van der Waals surface area contributed by atoms with Crippen LogP contribution >= 0.6 is 30.9 Å². The van der Waals surface area contributed by atoms with Crippen LogP contribution < -0.4 is 133 Å². The maximum atomic E-state index is 12.9. The third-order valence-corrected chi connectivity index (χ3v) is 11.3. The van der Waals surface area contributed by atoms with Gasteiger partial charge in [0, 0.05) is 12.1 Å². The summed E-state index contributed by atoms with van der Waals surface area (Å²) in [6.07, 6.45) is 0. The van der Waals surface area contributed by atoms with Gasteiger partial charge in [0.05, 0.1) is 65.8 Å². The van der Waals surface area contributed by atoms with Gasteiger partial charge in [-0.25, -0.2) is 33.7 Å². The molecule has 34 heteroatoms. The largest absolute Gasteiger partial charge is 1.00 e. The van der Waals surface area contributed by atoms with Crippen LogP contribution in [0.5, 0.6) is 11.5 Å². The Morgan fingerprint density at radius 1 is 0.759 bits per heavy atom. The Morgan fingerprint density at radius 3 is 1.83 bits per heavy atom. The number of benzene rings is 3. The standard InChI is InChI=1S/C24H28N6O17S5.FI2.3Na/c1-42-18-13-20(50(34,35)9-7-44-48-47-46-31)19(43-2)11-16(18)28-29-17-12-21(51(36,37)38)23(26)24(22(17)25)30-27-14-3-5-15(6-4-14)49(32,33)10-8-45-52(39,40)41;1-3-2;;;/h3-6,11-13,31H,7-10,25-26H2,1-2H3,(H,36,37,38)(H,39,40,41);;;;/q;-1;3*+1/p-3. The summed E-state index contributed by atoms with van der Waals surface area (Å²) in [6.45, 7) is -1.36. The molecule has 0 radical (unpaired) electrons. The number of azo groups is 2. The van der Waals surface area contributed by atoms with Gasteiger partial charge >= 0.3 is 128 Å². The van der Waals surface area contributed by atoms with Crippen molar-refractivity contribution in [2.75, 3.05) is 50.4 Å². The van der Waals surface area contributed by atoms with Crippen LogP contribution in [0, 0.1) is 0 Å². The first-order chi connectivity index (χ1) is 25.6. The van der Waals surface area contributed by atoms with Crippen molar-refractivity contribution in [1.29, 1.82) is 0 Å². The number of sulfone groups is 2. The van der Waals surface area contributed by atoms with Crippen LogP contribution in [0.3, 0.4) is 0 Å². The summed E-state index contributed by atoms with van der Waals surface area (Å²) in [6, 6.07) is 7.29. The van der Waals surface area contributed by atoms with Crippen molar-refractivity contribution in [3.05, 3.63) is 42.5 Å². The SMILES string of the molecule is COc1cc(S(=O)(=O)CCOSOO[O-])c(OC)cc1N=Nc1cc(S(=O)(=O)[O-])c(N)c(N=Nc2ccc(S(=O)(=O)CCOS(=O)(=O)[O-])cc2)c1N.F[I-]I.[Na+].[Na+].[Na+]. The third-order valence-electron chi connectivity index (χ3n) is 6.23. The smallest absolute Gasteiger partial charge is 1.00 e. The summed E-state index contributed by atoms with van der Waals surface area (Å²) in [5.41, 5.74) is 9.70. The average Bonchev–Trinajstić information content (AvgIpc) is 3.10. The van der Waals surface area contributed by atoms with E-state index in [9.17, 15) is 50.9 Å². The minimum absolute atomic E-state index is 0. The Balaban J connectivity index is 0. The molecule has 0 aliphatic carbocycles. The first-order valence-electron chi connectivity index (χ1n) is 13.7. The van der Waals surface area contributed by atoms with Crippen molar-refractivity contribution in [2.45, 2.75) is 14.7 Å². The summed E-state index contributed by atoms with van der Waals surface area (Å²) >= 11 is 0.901. The van der Waals surface area contributed by atoms with E-state index in [-0.39, 0.29) is 134 Å². The van der Waals surface area contributed by atoms with E-state index in [2.05, 4.69) is 34.0 Å². The second kappa shape index (κ2) is 28.2. The zero-order valence-electron chi connectivity index (χ0n) is 30.4. The normalized spacial score (nSPS) is 11.9. The number of nitrogens with zero attached hydrogens (tertiary/aromatic N) is 4. The van der Waals surface area contributed by atoms with Crippen LogP contribution in [0.1, 0.15) is 0 Å². The maximum absolute atomic E-state index is 12.9. The minimum Gasteiger partial charge on any atom is 1.00 e. The summed E-state index contributed by atoms with van der Waals surface area (Å²) < 4.78 is 152. The topological polar surface area (TPSA) is 363 Å². The molecule has 0 amide bonds. The summed E-state index contributed by atoms with van der Waals surface area (Å²) in [4.78, 5) is -1.67. The van der Waals surface area contributed by atoms with E-state index in [0.29, 0.717) is 6.07 Å². The molecule has 0 saturated heterocycles. The van der Waals surface area contributed by atoms with E-state index < -0.39 is 110 Å². The quantitative estimate of drug-likeness (QED) is 0.0108. The number of methoxy groups -OCH3 is 2. The number of nitrogens with two attached hydrogens (primary N) is 2. The van der Waals surface area contributed by atoms with Gasteiger partial charge < -0.3 is 35.3 Å². The molecule has 0 aromatic heterocycles. The predicted molar refractivity (Wildman–Crippen MR) is 188 cm³/mol. The molecule has 0 saturated carbocycles. The number of ether oxygens (including phenoxy) is 2. The Labute approximate surface area is 423 Å². The fraction of sp³-hybridized carbons (Fsp3) is 0.250. The molecule has 0 bridgehead atoms. The summed E-state index contributed by atoms with van der Waals surface area (Å²) in [5, 5.41) is 28.4. The van der Waals surface area contributed by atoms with Crippen molar-refractivity contribution in [3.63, 3.8) is 0 Å². The van der Waals surface area contributed by atoms with E-state index in [1.54, 1.807) is 18.6 Å². The number of hydrogen-bond donors (Lipinski definition) is 2. The molecule has 0 aliphatic heterocycles. The first-order valence-corrected chi connectivity index (χ1v) is 27.5.